The maximum absolute atomic E-state index is 11.5. The minimum atomic E-state index is -0.685. The molecule has 2 amide bonds. The number of hydrogen-bond acceptors (Lipinski definition) is 23. The molecule has 702 valence electrons. The minimum Gasteiger partial charge on any atom is -0.396 e. The Morgan fingerprint density at radius 1 is 0.487 bits per heavy atom. The van der Waals surface area contributed by atoms with Crippen molar-refractivity contribution in [3.63, 3.8) is 0 Å². The zero-order chi connectivity index (χ0) is 91.7. The van der Waals surface area contributed by atoms with Crippen LogP contribution in [0.15, 0.2) is 43.2 Å². The van der Waals surface area contributed by atoms with Crippen molar-refractivity contribution in [2.24, 2.45) is 52.3 Å². The number of β-amino-alcohol motifs (C(OH)–C–C–N with tert-alkyl or cyclic N) is 1. The molecule has 16 N–H and O–H groups in total. The van der Waals surface area contributed by atoms with Crippen LogP contribution in [-0.2, 0) is 9.59 Å². The fourth-order valence-electron chi connectivity index (χ4n) is 10.3. The van der Waals surface area contributed by atoms with E-state index in [0.717, 1.165) is 148 Å². The van der Waals surface area contributed by atoms with Crippen molar-refractivity contribution in [2.75, 3.05) is 172 Å². The number of pyridine rings is 1. The van der Waals surface area contributed by atoms with Gasteiger partial charge in [-0.25, -0.2) is 4.98 Å². The van der Waals surface area contributed by atoms with Gasteiger partial charge in [-0.05, 0) is 178 Å². The number of likely N-dealkylation sites (tertiary alicyclic amines) is 1. The van der Waals surface area contributed by atoms with Gasteiger partial charge in [-0.1, -0.05) is 179 Å². The van der Waals surface area contributed by atoms with Crippen molar-refractivity contribution in [3.05, 3.63) is 48.8 Å². The molecule has 2 aromatic heterocycles. The van der Waals surface area contributed by atoms with Gasteiger partial charge in [-0.2, -0.15) is 0 Å². The number of amides is 2. The maximum atomic E-state index is 11.5. The number of aromatic nitrogens is 3. The highest BCUT2D eigenvalue weighted by Gasteiger charge is 2.28. The first kappa shape index (κ1) is 127. The number of carbonyl (C=O) groups excluding carboxylic acids is 2. The van der Waals surface area contributed by atoms with Crippen molar-refractivity contribution in [2.45, 2.75) is 305 Å². The monoisotopic (exact) mass is 1680 g/mol. The van der Waals surface area contributed by atoms with Crippen LogP contribution in [-0.4, -0.2) is 327 Å². The smallest absolute Gasteiger partial charge is 0.225 e. The number of nitrogens with zero attached hydrogens (tertiary/aromatic N) is 8. The highest BCUT2D eigenvalue weighted by Crippen LogP contribution is 2.23. The van der Waals surface area contributed by atoms with Crippen LogP contribution in [0.2, 0.25) is 0 Å². The molecule has 0 bridgehead atoms. The summed E-state index contributed by atoms with van der Waals surface area (Å²) in [6.07, 6.45) is 18.1. The lowest BCUT2D eigenvalue weighted by Gasteiger charge is -2.32. The van der Waals surface area contributed by atoms with E-state index in [9.17, 15) is 24.9 Å². The third-order valence-electron chi connectivity index (χ3n) is 21.4. The van der Waals surface area contributed by atoms with Gasteiger partial charge in [-0.15, -0.1) is 0 Å². The van der Waals surface area contributed by atoms with Gasteiger partial charge in [0.15, 0.2) is 0 Å². The summed E-state index contributed by atoms with van der Waals surface area (Å²) in [5.41, 5.74) is 0.957. The van der Waals surface area contributed by atoms with Crippen molar-refractivity contribution >= 4 is 11.8 Å². The topological polar surface area (TPSA) is 372 Å². The van der Waals surface area contributed by atoms with Crippen LogP contribution >= 0.6 is 0 Å². The van der Waals surface area contributed by atoms with Crippen molar-refractivity contribution in [1.82, 2.24) is 60.3 Å². The average molecular weight is 1680 g/mol. The third-order valence-corrected chi connectivity index (χ3v) is 21.4. The normalized spacial score (nSPS) is 16.9. The van der Waals surface area contributed by atoms with Gasteiger partial charge in [0.05, 0.1) is 69.9 Å². The molecule has 0 aliphatic carbocycles. The molecule has 1 aliphatic heterocycles. The summed E-state index contributed by atoms with van der Waals surface area (Å²) in [6.45, 7) is 67.5. The van der Waals surface area contributed by atoms with Gasteiger partial charge >= 0.3 is 0 Å². The van der Waals surface area contributed by atoms with Crippen LogP contribution in [0.1, 0.15) is 268 Å². The number of imidazole rings is 1. The quantitative estimate of drug-likeness (QED) is 0.0293. The minimum absolute atomic E-state index is 0.126. The number of aliphatic hydroxyl groups excluding tert-OH is 12. The molecule has 3 rings (SSSR count). The molecule has 26 heteroatoms. The first-order chi connectivity index (χ1) is 54.9. The number of carbonyl (C=O) groups is 2. The fourth-order valence-corrected chi connectivity index (χ4v) is 10.3. The summed E-state index contributed by atoms with van der Waals surface area (Å²) in [4.78, 5) is 41.5. The molecule has 0 radical (unpaired) electrons. The molecule has 0 spiro atoms. The summed E-state index contributed by atoms with van der Waals surface area (Å²) in [6, 6.07) is 5.64. The van der Waals surface area contributed by atoms with Crippen molar-refractivity contribution < 1.29 is 70.9 Å². The molecular formula is C91H194N12O14. The number of likely N-dealkylation sites (N-methyl/N-ethyl adjacent to an activating group) is 2. The molecule has 26 nitrogen and oxygen atoms in total. The Morgan fingerprint density at radius 3 is 1.35 bits per heavy atom. The first-order valence-corrected chi connectivity index (χ1v) is 45.0. The Balaban J connectivity index is -0.000000231. The summed E-state index contributed by atoms with van der Waals surface area (Å²) in [5.74, 6) is 4.98. The zero-order valence-corrected chi connectivity index (χ0v) is 80.6. The molecule has 1 aliphatic rings. The Morgan fingerprint density at radius 2 is 0.949 bits per heavy atom. The first-order valence-electron chi connectivity index (χ1n) is 45.0. The van der Waals surface area contributed by atoms with Gasteiger partial charge in [0, 0.05) is 152 Å². The molecule has 117 heavy (non-hydrogen) atoms. The Kier molecular flexibility index (Phi) is 89.0. The summed E-state index contributed by atoms with van der Waals surface area (Å²) < 4.78 is 2.11. The Bertz CT molecular complexity index is 2310. The van der Waals surface area contributed by atoms with E-state index in [1.165, 1.54) is 18.4 Å². The number of rotatable bonds is 49. The largest absolute Gasteiger partial charge is 0.396 e. The SMILES string of the molecule is CC1CN(CC(O)CO)CC1C.CCC(C)(C)C(=O)NCCN(C)C.CCC(C)CN(CC(C)CO)CC(O)CO.CCC(C)CN(CC(O)CO)C(C)CC.CCC(C)CNCC(C)CO.CCC(C)NCC(O)CO.CCC(C)c1ccncc1.CCC(C)n1ccnc1.CCCN(C)CC(O)CO.CCCNC(=O)C(C)(C)CC. The molecule has 16 unspecified atom stereocenters. The van der Waals surface area contributed by atoms with Crippen LogP contribution in [0, 0.1) is 52.3 Å². The lowest BCUT2D eigenvalue weighted by molar-refractivity contribution is -0.130. The maximum Gasteiger partial charge on any atom is 0.225 e. The summed E-state index contributed by atoms with van der Waals surface area (Å²) in [5, 5.41) is 119. The molecular weight excluding hydrogens is 1490 g/mol. The van der Waals surface area contributed by atoms with Gasteiger partial charge < -0.3 is 107 Å². The molecule has 0 aromatic carbocycles. The highest BCUT2D eigenvalue weighted by atomic mass is 16.3. The highest BCUT2D eigenvalue weighted by molar-refractivity contribution is 5.82. The second-order valence-corrected chi connectivity index (χ2v) is 34.7. The Labute approximate surface area is 718 Å². The number of nitrogens with one attached hydrogen (secondary N) is 4. The van der Waals surface area contributed by atoms with Crippen molar-refractivity contribution in [3.8, 4) is 0 Å². The second kappa shape index (κ2) is 82.2. The second-order valence-electron chi connectivity index (χ2n) is 34.7. The predicted molar refractivity (Wildman–Crippen MR) is 490 cm³/mol. The van der Waals surface area contributed by atoms with E-state index in [1.807, 2.05) is 119 Å². The molecule has 1 saturated heterocycles. The fraction of sp³-hybridized carbons (Fsp3) is 0.890. The van der Waals surface area contributed by atoms with E-state index in [2.05, 4.69) is 185 Å². The average Bonchev–Trinajstić information content (AvgIpc) is 1.70. The predicted octanol–water partition coefficient (Wildman–Crippen LogP) is 9.89. The van der Waals surface area contributed by atoms with E-state index < -0.39 is 30.5 Å². The van der Waals surface area contributed by atoms with Gasteiger partial charge in [-0.3, -0.25) is 19.5 Å². The zero-order valence-electron chi connectivity index (χ0n) is 80.6. The van der Waals surface area contributed by atoms with Crippen LogP contribution in [0.5, 0.6) is 0 Å². The molecule has 0 saturated carbocycles. The van der Waals surface area contributed by atoms with Crippen LogP contribution in [0.25, 0.3) is 0 Å². The molecule has 3 heterocycles. The summed E-state index contributed by atoms with van der Waals surface area (Å²) >= 11 is 0. The van der Waals surface area contributed by atoms with Gasteiger partial charge in [0.2, 0.25) is 11.8 Å². The van der Waals surface area contributed by atoms with Crippen LogP contribution in [0.4, 0.5) is 0 Å². The van der Waals surface area contributed by atoms with Crippen LogP contribution in [0.3, 0.4) is 0 Å². The van der Waals surface area contributed by atoms with E-state index in [1.54, 1.807) is 0 Å². The van der Waals surface area contributed by atoms with E-state index in [-0.39, 0.29) is 74.8 Å². The summed E-state index contributed by atoms with van der Waals surface area (Å²) in [7, 11) is 5.93. The Hall–Kier alpha value is -3.46. The van der Waals surface area contributed by atoms with E-state index in [0.29, 0.717) is 74.5 Å². The van der Waals surface area contributed by atoms with Crippen molar-refractivity contribution in [1.29, 1.82) is 0 Å². The van der Waals surface area contributed by atoms with Gasteiger partial charge in [0.25, 0.3) is 0 Å². The lowest BCUT2D eigenvalue weighted by atomic mass is 9.89. The van der Waals surface area contributed by atoms with E-state index >= 15 is 0 Å². The number of hydrogen-bond donors (Lipinski definition) is 16. The van der Waals surface area contributed by atoms with E-state index in [4.69, 9.17) is 46.0 Å². The molecule has 2 aromatic rings. The van der Waals surface area contributed by atoms with Crippen LogP contribution < -0.4 is 21.3 Å². The number of aliphatic hydroxyl groups is 12. The standard InChI is InChI=1S/C12H27NO3.C12H27NO2.C10H22N2O.C9H19NO2.C9H19NO.C9H21NO.C9H13N.C7H12N2.2C7H17NO2/c1-4-10(2)5-13(6-11(3)8-14)7-12(16)9-15;1-5-10(3)7-13(11(4)6-2)8-12(15)9-14;1-6-10(2,3)9(13)11-7-8-12(4)5;1-7-3-10(4-8(7)2)5-9(12)6-11;1-5-7-10-8(11)9(3,4)6-2;1-4-8(2)5-10-6-9(3)7-11;1-3-8(2)9-4-6-10-7-5-9;1-3-7(2)9-5-4-8-6-9;1-3-6(2)8-4-7(10)5-9;1-3-4-8(2)5-7(10)6-9/h10-12,14-16H,4-9H2,1-3H3;10-12,14-15H,5-9H2,1-4H3;6-8H2,1-5H3,(H,11,13);7-9,11-12H,3-6H2,1-2H3;5-7H2,1-4H3,(H,10,11);8-11H,4-7H2,1-3H3;4-8H,3H2,1-2H3;4-7H,3H2,1-2H3;6-10H,3-5H2,1-2H3;7,9-10H,3-6H2,1-2H3. The van der Waals surface area contributed by atoms with Gasteiger partial charge in [0.1, 0.15) is 0 Å². The lowest BCUT2D eigenvalue weighted by Crippen LogP contribution is -2.42. The third kappa shape index (κ3) is 77.1. The molecule has 16 atom stereocenters. The molecule has 1 fully saturated rings.